The van der Waals surface area contributed by atoms with Gasteiger partial charge in [0.2, 0.25) is 0 Å². The molecule has 1 aliphatic heterocycles. The Morgan fingerprint density at radius 3 is 3.12 bits per heavy atom. The Balaban J connectivity index is 1.90. The van der Waals surface area contributed by atoms with Crippen LogP contribution in [0, 0.1) is 6.92 Å². The first-order chi connectivity index (χ1) is 8.16. The van der Waals surface area contributed by atoms with E-state index in [1.807, 2.05) is 13.0 Å². The van der Waals surface area contributed by atoms with E-state index >= 15 is 0 Å². The molecule has 2 heterocycles. The van der Waals surface area contributed by atoms with E-state index in [9.17, 15) is 5.11 Å². The summed E-state index contributed by atoms with van der Waals surface area (Å²) in [6, 6.07) is 3.79. The molecule has 2 N–H and O–H groups in total. The van der Waals surface area contributed by atoms with Gasteiger partial charge < -0.3 is 15.2 Å². The molecule has 0 aromatic carbocycles. The fourth-order valence-electron chi connectivity index (χ4n) is 2.12. The number of hydrogen-bond acceptors (Lipinski definition) is 4. The quantitative estimate of drug-likeness (QED) is 0.836. The number of aromatic nitrogens is 1. The number of rotatable bonds is 4. The van der Waals surface area contributed by atoms with Crippen molar-refractivity contribution in [3.8, 4) is 5.75 Å². The second-order valence-corrected chi connectivity index (χ2v) is 4.64. The number of nitrogens with zero attached hydrogens (tertiary/aromatic N) is 1. The maximum atomic E-state index is 9.68. The van der Waals surface area contributed by atoms with E-state index in [0.717, 1.165) is 25.1 Å². The molecule has 1 aliphatic rings. The minimum absolute atomic E-state index is 0.252. The maximum absolute atomic E-state index is 9.68. The zero-order chi connectivity index (χ0) is 12.3. The molecule has 2 rings (SSSR count). The van der Waals surface area contributed by atoms with E-state index in [0.29, 0.717) is 24.4 Å². The van der Waals surface area contributed by atoms with Gasteiger partial charge in [-0.25, -0.2) is 0 Å². The normalized spacial score (nSPS) is 21.6. The van der Waals surface area contributed by atoms with Gasteiger partial charge in [0.05, 0.1) is 11.8 Å². The predicted molar refractivity (Wildman–Crippen MR) is 65.9 cm³/mol. The molecule has 94 valence electrons. The van der Waals surface area contributed by atoms with Crippen LogP contribution in [0.1, 0.15) is 31.2 Å². The summed E-state index contributed by atoms with van der Waals surface area (Å²) in [5.74, 6) is 0.252. The number of aryl methyl sites for hydroxylation is 1. The van der Waals surface area contributed by atoms with Crippen LogP contribution >= 0.6 is 0 Å². The van der Waals surface area contributed by atoms with Gasteiger partial charge in [0.25, 0.3) is 0 Å². The van der Waals surface area contributed by atoms with Crippen LogP contribution in [-0.4, -0.2) is 28.8 Å². The van der Waals surface area contributed by atoms with E-state index in [4.69, 9.17) is 4.74 Å². The van der Waals surface area contributed by atoms with E-state index in [1.165, 1.54) is 0 Å². The second-order valence-electron chi connectivity index (χ2n) is 4.64. The summed E-state index contributed by atoms with van der Waals surface area (Å²) in [4.78, 5) is 4.32. The van der Waals surface area contributed by atoms with Gasteiger partial charge in [0.15, 0.2) is 0 Å². The van der Waals surface area contributed by atoms with Crippen molar-refractivity contribution in [2.75, 3.05) is 6.61 Å². The first-order valence-electron chi connectivity index (χ1n) is 6.17. The monoisotopic (exact) mass is 236 g/mol. The summed E-state index contributed by atoms with van der Waals surface area (Å²) < 4.78 is 5.61. The fourth-order valence-corrected chi connectivity index (χ4v) is 2.12. The molecule has 0 spiro atoms. The molecule has 0 amide bonds. The van der Waals surface area contributed by atoms with Crippen molar-refractivity contribution in [1.29, 1.82) is 0 Å². The van der Waals surface area contributed by atoms with Crippen LogP contribution in [0.4, 0.5) is 0 Å². The molecule has 1 fully saturated rings. The minimum atomic E-state index is 0.252. The van der Waals surface area contributed by atoms with Gasteiger partial charge in [0, 0.05) is 24.9 Å². The van der Waals surface area contributed by atoms with E-state index in [2.05, 4.69) is 17.2 Å². The number of ether oxygens (including phenoxy) is 1. The third kappa shape index (κ3) is 3.17. The molecule has 0 radical (unpaired) electrons. The van der Waals surface area contributed by atoms with Crippen molar-refractivity contribution < 1.29 is 9.84 Å². The third-order valence-corrected chi connectivity index (χ3v) is 3.20. The van der Waals surface area contributed by atoms with Crippen LogP contribution in [0.15, 0.2) is 12.1 Å². The van der Waals surface area contributed by atoms with Crippen LogP contribution in [0.25, 0.3) is 0 Å². The van der Waals surface area contributed by atoms with Crippen LogP contribution in [-0.2, 0) is 11.3 Å². The summed E-state index contributed by atoms with van der Waals surface area (Å²) in [7, 11) is 0. The molecule has 1 aromatic rings. The maximum Gasteiger partial charge on any atom is 0.138 e. The lowest BCUT2D eigenvalue weighted by Crippen LogP contribution is -2.36. The van der Waals surface area contributed by atoms with Gasteiger partial charge in [-0.1, -0.05) is 0 Å². The molecule has 0 aliphatic carbocycles. The number of aromatic hydroxyl groups is 1. The highest BCUT2D eigenvalue weighted by molar-refractivity contribution is 5.27. The lowest BCUT2D eigenvalue weighted by molar-refractivity contribution is 0.0830. The van der Waals surface area contributed by atoms with Crippen LogP contribution in [0.5, 0.6) is 5.75 Å². The lowest BCUT2D eigenvalue weighted by atomic mass is 10.1. The highest BCUT2D eigenvalue weighted by Gasteiger charge is 2.22. The smallest absolute Gasteiger partial charge is 0.138 e. The molecular formula is C13H20N2O2. The van der Waals surface area contributed by atoms with Gasteiger partial charge in [-0.05, 0) is 38.8 Å². The van der Waals surface area contributed by atoms with Crippen LogP contribution in [0.2, 0.25) is 0 Å². The molecule has 4 heteroatoms. The van der Waals surface area contributed by atoms with Crippen LogP contribution in [0.3, 0.4) is 0 Å². The highest BCUT2D eigenvalue weighted by Crippen LogP contribution is 2.17. The number of pyridine rings is 1. The van der Waals surface area contributed by atoms with Crippen LogP contribution < -0.4 is 5.32 Å². The van der Waals surface area contributed by atoms with Crippen molar-refractivity contribution in [2.45, 2.75) is 45.4 Å². The Morgan fingerprint density at radius 2 is 2.41 bits per heavy atom. The zero-order valence-corrected chi connectivity index (χ0v) is 10.4. The topological polar surface area (TPSA) is 54.4 Å². The van der Waals surface area contributed by atoms with Gasteiger partial charge in [-0.3, -0.25) is 4.98 Å². The lowest BCUT2D eigenvalue weighted by Gasteiger charge is -2.20. The van der Waals surface area contributed by atoms with Gasteiger partial charge in [-0.15, -0.1) is 0 Å². The molecule has 0 unspecified atom stereocenters. The standard InChI is InChI=1S/C13H20N2O2/c1-9-5-6-12(16)11(15-9)8-14-10(2)13-4-3-7-17-13/h5-6,10,13-14,16H,3-4,7-8H2,1-2H3/t10-,13+/m1/s1. The Bertz CT molecular complexity index is 376. The molecule has 4 nitrogen and oxygen atoms in total. The van der Waals surface area contributed by atoms with Crippen molar-refractivity contribution in [3.05, 3.63) is 23.5 Å². The van der Waals surface area contributed by atoms with Crippen molar-refractivity contribution in [2.24, 2.45) is 0 Å². The predicted octanol–water partition coefficient (Wildman–Crippen LogP) is 1.75. The summed E-state index contributed by atoms with van der Waals surface area (Å²) in [5, 5.41) is 13.0. The summed E-state index contributed by atoms with van der Waals surface area (Å²) in [6.07, 6.45) is 2.55. The Kier molecular flexibility index (Phi) is 3.97. The molecule has 1 aromatic heterocycles. The first-order valence-corrected chi connectivity index (χ1v) is 6.17. The summed E-state index contributed by atoms with van der Waals surface area (Å²) in [6.45, 7) is 5.48. The fraction of sp³-hybridized carbons (Fsp3) is 0.615. The van der Waals surface area contributed by atoms with Gasteiger partial charge in [-0.2, -0.15) is 0 Å². The zero-order valence-electron chi connectivity index (χ0n) is 10.4. The van der Waals surface area contributed by atoms with Crippen molar-refractivity contribution >= 4 is 0 Å². The van der Waals surface area contributed by atoms with E-state index in [1.54, 1.807) is 6.07 Å². The summed E-state index contributed by atoms with van der Waals surface area (Å²) in [5.41, 5.74) is 1.62. The Hall–Kier alpha value is -1.13. The molecule has 0 bridgehead atoms. The van der Waals surface area contributed by atoms with Crippen molar-refractivity contribution in [1.82, 2.24) is 10.3 Å². The average Bonchev–Trinajstić information content (AvgIpc) is 2.83. The minimum Gasteiger partial charge on any atom is -0.506 e. The second kappa shape index (κ2) is 5.47. The van der Waals surface area contributed by atoms with Gasteiger partial charge >= 0.3 is 0 Å². The SMILES string of the molecule is Cc1ccc(O)c(CN[C@H](C)[C@@H]2CCCO2)n1. The summed E-state index contributed by atoms with van der Waals surface area (Å²) >= 11 is 0. The largest absolute Gasteiger partial charge is 0.506 e. The molecule has 17 heavy (non-hydrogen) atoms. The highest BCUT2D eigenvalue weighted by atomic mass is 16.5. The average molecular weight is 236 g/mol. The van der Waals surface area contributed by atoms with E-state index in [-0.39, 0.29) is 5.75 Å². The molecule has 0 saturated carbocycles. The van der Waals surface area contributed by atoms with E-state index < -0.39 is 0 Å². The van der Waals surface area contributed by atoms with Gasteiger partial charge in [0.1, 0.15) is 5.75 Å². The molecule has 1 saturated heterocycles. The van der Waals surface area contributed by atoms with Crippen molar-refractivity contribution in [3.63, 3.8) is 0 Å². The molecule has 2 atom stereocenters. The Morgan fingerprint density at radius 1 is 1.59 bits per heavy atom. The first kappa shape index (κ1) is 12.3. The number of nitrogens with one attached hydrogen (secondary N) is 1. The molecular weight excluding hydrogens is 216 g/mol. The third-order valence-electron chi connectivity index (χ3n) is 3.20. The number of hydrogen-bond donors (Lipinski definition) is 2. The Labute approximate surface area is 102 Å².